The minimum atomic E-state index is -0.436. The van der Waals surface area contributed by atoms with E-state index in [0.717, 1.165) is 31.6 Å². The van der Waals surface area contributed by atoms with Gasteiger partial charge in [-0.3, -0.25) is 10.1 Å². The standard InChI is InChI=1S/C25H24N8O3/c34-33(35)21-12-6-5-11-20(21)22-14-13-19(36-22)17-26-31-24-28-23(27-18-9-3-1-4-10-18)29-25(30-24)32-15-7-2-8-16-32/h1,3-6,9-14,17H,2,7-8,15-16H2,(H2,27,28,29,30,31)/b26-17+. The number of nitrogens with zero attached hydrogens (tertiary/aromatic N) is 6. The molecule has 0 radical (unpaired) electrons. The number of nitro benzene ring substituents is 1. The highest BCUT2D eigenvalue weighted by Gasteiger charge is 2.18. The summed E-state index contributed by atoms with van der Waals surface area (Å²) in [4.78, 5) is 26.6. The van der Waals surface area contributed by atoms with Crippen LogP contribution in [-0.4, -0.2) is 39.2 Å². The molecule has 11 heteroatoms. The van der Waals surface area contributed by atoms with Crippen LogP contribution in [0, 0.1) is 10.1 Å². The summed E-state index contributed by atoms with van der Waals surface area (Å²) >= 11 is 0. The maximum atomic E-state index is 11.3. The zero-order valence-electron chi connectivity index (χ0n) is 19.4. The Kier molecular flexibility index (Phi) is 6.79. The monoisotopic (exact) mass is 484 g/mol. The number of nitrogens with one attached hydrogen (secondary N) is 2. The number of nitro groups is 1. The van der Waals surface area contributed by atoms with Crippen LogP contribution in [0.1, 0.15) is 25.0 Å². The van der Waals surface area contributed by atoms with Gasteiger partial charge >= 0.3 is 0 Å². The molecule has 5 rings (SSSR count). The van der Waals surface area contributed by atoms with Crippen molar-refractivity contribution in [2.45, 2.75) is 19.3 Å². The Morgan fingerprint density at radius 1 is 0.917 bits per heavy atom. The molecule has 1 saturated heterocycles. The van der Waals surface area contributed by atoms with Gasteiger partial charge in [-0.05, 0) is 49.6 Å². The fourth-order valence-electron chi connectivity index (χ4n) is 3.92. The largest absolute Gasteiger partial charge is 0.455 e. The van der Waals surface area contributed by atoms with Crippen LogP contribution < -0.4 is 15.6 Å². The van der Waals surface area contributed by atoms with E-state index in [0.29, 0.717) is 29.0 Å². The molecule has 1 aliphatic rings. The van der Waals surface area contributed by atoms with Gasteiger partial charge in [-0.1, -0.05) is 30.3 Å². The number of rotatable bonds is 8. The Labute approximate surface area is 207 Å². The summed E-state index contributed by atoms with van der Waals surface area (Å²) in [5.74, 6) is 2.07. The van der Waals surface area contributed by atoms with Crippen molar-refractivity contribution in [3.05, 3.63) is 82.6 Å². The molecule has 0 bridgehead atoms. The molecule has 36 heavy (non-hydrogen) atoms. The van der Waals surface area contributed by atoms with Crippen molar-refractivity contribution in [2.24, 2.45) is 5.10 Å². The number of piperidine rings is 1. The van der Waals surface area contributed by atoms with Gasteiger partial charge in [-0.25, -0.2) is 5.43 Å². The molecule has 0 aliphatic carbocycles. The number of hydrazone groups is 1. The third-order valence-electron chi connectivity index (χ3n) is 5.64. The maximum absolute atomic E-state index is 11.3. The Balaban J connectivity index is 1.35. The van der Waals surface area contributed by atoms with E-state index in [-0.39, 0.29) is 11.6 Å². The number of furan rings is 1. The van der Waals surface area contributed by atoms with Crippen LogP contribution in [0.5, 0.6) is 0 Å². The highest BCUT2D eigenvalue weighted by molar-refractivity contribution is 5.79. The van der Waals surface area contributed by atoms with Gasteiger partial charge < -0.3 is 14.6 Å². The molecular weight excluding hydrogens is 460 g/mol. The molecule has 11 nitrogen and oxygen atoms in total. The van der Waals surface area contributed by atoms with Crippen molar-refractivity contribution in [1.82, 2.24) is 15.0 Å². The highest BCUT2D eigenvalue weighted by atomic mass is 16.6. The second kappa shape index (κ2) is 10.6. The number of hydrogen-bond acceptors (Lipinski definition) is 10. The summed E-state index contributed by atoms with van der Waals surface area (Å²) < 4.78 is 5.75. The molecule has 2 N–H and O–H groups in total. The summed E-state index contributed by atoms with van der Waals surface area (Å²) in [6.45, 7) is 1.77. The molecule has 3 heterocycles. The van der Waals surface area contributed by atoms with Crippen molar-refractivity contribution in [3.63, 3.8) is 0 Å². The maximum Gasteiger partial charge on any atom is 0.280 e. The van der Waals surface area contributed by atoms with E-state index in [1.54, 1.807) is 30.3 Å². The molecule has 0 atom stereocenters. The molecule has 0 amide bonds. The van der Waals surface area contributed by atoms with E-state index >= 15 is 0 Å². The zero-order chi connectivity index (χ0) is 24.7. The van der Waals surface area contributed by atoms with Gasteiger partial charge in [0, 0.05) is 24.8 Å². The number of aromatic nitrogens is 3. The van der Waals surface area contributed by atoms with Gasteiger partial charge in [0.1, 0.15) is 11.5 Å². The summed E-state index contributed by atoms with van der Waals surface area (Å²) in [5.41, 5.74) is 4.08. The fourth-order valence-corrected chi connectivity index (χ4v) is 3.92. The van der Waals surface area contributed by atoms with Gasteiger partial charge in [0.25, 0.3) is 5.69 Å². The van der Waals surface area contributed by atoms with E-state index in [4.69, 9.17) is 4.42 Å². The molecule has 1 fully saturated rings. The Morgan fingerprint density at radius 2 is 1.67 bits per heavy atom. The molecule has 4 aromatic rings. The van der Waals surface area contributed by atoms with E-state index in [2.05, 4.69) is 35.7 Å². The first-order valence-corrected chi connectivity index (χ1v) is 11.6. The normalized spacial score (nSPS) is 13.6. The van der Waals surface area contributed by atoms with Crippen molar-refractivity contribution in [3.8, 4) is 11.3 Å². The predicted molar refractivity (Wildman–Crippen MR) is 138 cm³/mol. The number of para-hydroxylation sites is 2. The zero-order valence-corrected chi connectivity index (χ0v) is 19.4. The summed E-state index contributed by atoms with van der Waals surface area (Å²) in [5, 5.41) is 18.7. The van der Waals surface area contributed by atoms with Gasteiger partial charge in [0.15, 0.2) is 0 Å². The lowest BCUT2D eigenvalue weighted by Crippen LogP contribution is -2.31. The minimum absolute atomic E-state index is 0.0256. The van der Waals surface area contributed by atoms with Gasteiger partial charge in [0.2, 0.25) is 17.8 Å². The Morgan fingerprint density at radius 3 is 2.47 bits per heavy atom. The molecular formula is C25H24N8O3. The predicted octanol–water partition coefficient (Wildman–Crippen LogP) is 5.22. The van der Waals surface area contributed by atoms with E-state index in [1.807, 2.05) is 30.3 Å². The SMILES string of the molecule is O=[N+]([O-])c1ccccc1-c1ccc(/C=N/Nc2nc(Nc3ccccc3)nc(N3CCCCC3)n2)o1. The summed E-state index contributed by atoms with van der Waals surface area (Å²) in [6, 6.07) is 19.4. The highest BCUT2D eigenvalue weighted by Crippen LogP contribution is 2.30. The molecule has 0 saturated carbocycles. The first-order valence-electron chi connectivity index (χ1n) is 11.6. The summed E-state index contributed by atoms with van der Waals surface area (Å²) in [7, 11) is 0. The lowest BCUT2D eigenvalue weighted by molar-refractivity contribution is -0.384. The van der Waals surface area contributed by atoms with E-state index in [1.165, 1.54) is 18.7 Å². The second-order valence-corrected chi connectivity index (χ2v) is 8.17. The first-order chi connectivity index (χ1) is 17.7. The number of benzene rings is 2. The van der Waals surface area contributed by atoms with Gasteiger partial charge in [-0.2, -0.15) is 20.1 Å². The van der Waals surface area contributed by atoms with Gasteiger partial charge in [0.05, 0.1) is 16.7 Å². The van der Waals surface area contributed by atoms with Crippen LogP contribution in [-0.2, 0) is 0 Å². The summed E-state index contributed by atoms with van der Waals surface area (Å²) in [6.07, 6.45) is 4.85. The number of anilines is 4. The molecule has 2 aromatic heterocycles. The van der Waals surface area contributed by atoms with Crippen LogP contribution in [0.25, 0.3) is 11.3 Å². The lowest BCUT2D eigenvalue weighted by atomic mass is 10.1. The van der Waals surface area contributed by atoms with Crippen LogP contribution in [0.4, 0.5) is 29.2 Å². The van der Waals surface area contributed by atoms with Crippen LogP contribution in [0.15, 0.2) is 76.2 Å². The van der Waals surface area contributed by atoms with Crippen molar-refractivity contribution in [1.29, 1.82) is 0 Å². The molecule has 0 unspecified atom stereocenters. The molecule has 0 spiro atoms. The smallest absolute Gasteiger partial charge is 0.280 e. The average Bonchev–Trinajstić information content (AvgIpc) is 3.38. The van der Waals surface area contributed by atoms with Crippen molar-refractivity contribution in [2.75, 3.05) is 28.7 Å². The van der Waals surface area contributed by atoms with Crippen LogP contribution in [0.3, 0.4) is 0 Å². The molecule has 2 aromatic carbocycles. The van der Waals surface area contributed by atoms with Crippen molar-refractivity contribution >= 4 is 35.4 Å². The minimum Gasteiger partial charge on any atom is -0.455 e. The number of hydrogen-bond donors (Lipinski definition) is 2. The Bertz CT molecular complexity index is 1370. The lowest BCUT2D eigenvalue weighted by Gasteiger charge is -2.26. The van der Waals surface area contributed by atoms with Crippen LogP contribution >= 0.6 is 0 Å². The average molecular weight is 485 g/mol. The van der Waals surface area contributed by atoms with Crippen molar-refractivity contribution < 1.29 is 9.34 Å². The topological polar surface area (TPSA) is 135 Å². The van der Waals surface area contributed by atoms with E-state index < -0.39 is 4.92 Å². The first kappa shape index (κ1) is 23.0. The second-order valence-electron chi connectivity index (χ2n) is 8.17. The van der Waals surface area contributed by atoms with E-state index in [9.17, 15) is 10.1 Å². The van der Waals surface area contributed by atoms with Crippen LogP contribution in [0.2, 0.25) is 0 Å². The third-order valence-corrected chi connectivity index (χ3v) is 5.64. The fraction of sp³-hybridized carbons (Fsp3) is 0.200. The third kappa shape index (κ3) is 5.46. The Hall–Kier alpha value is -4.80. The van der Waals surface area contributed by atoms with Gasteiger partial charge in [-0.15, -0.1) is 0 Å². The molecule has 182 valence electrons. The molecule has 1 aliphatic heterocycles. The quantitative estimate of drug-likeness (QED) is 0.196.